The molecule has 0 fully saturated rings. The minimum atomic E-state index is -3.83. The Hall–Kier alpha value is -2.29. The van der Waals surface area contributed by atoms with Gasteiger partial charge in [0, 0.05) is 13.1 Å². The van der Waals surface area contributed by atoms with E-state index in [1.807, 2.05) is 44.2 Å². The van der Waals surface area contributed by atoms with Gasteiger partial charge in [-0.2, -0.15) is 0 Å². The number of carbonyl (C=O) groups is 2. The third-order valence-electron chi connectivity index (χ3n) is 5.00. The molecule has 2 amide bonds. The van der Waals surface area contributed by atoms with Crippen molar-refractivity contribution in [3.05, 3.63) is 64.1 Å². The van der Waals surface area contributed by atoms with Crippen LogP contribution in [0.5, 0.6) is 0 Å². The average molecular weight is 514 g/mol. The Morgan fingerprint density at radius 2 is 1.70 bits per heavy atom. The van der Waals surface area contributed by atoms with Crippen molar-refractivity contribution in [2.45, 2.75) is 39.3 Å². The van der Waals surface area contributed by atoms with Crippen LogP contribution in [-0.4, -0.2) is 50.5 Å². The Kier molecular flexibility index (Phi) is 10.0. The van der Waals surface area contributed by atoms with E-state index < -0.39 is 28.5 Å². The molecule has 0 spiro atoms. The van der Waals surface area contributed by atoms with E-state index in [1.165, 1.54) is 23.1 Å². The molecule has 0 aromatic heterocycles. The first-order valence-electron chi connectivity index (χ1n) is 10.6. The molecule has 0 bridgehead atoms. The number of sulfonamides is 1. The fraction of sp³-hybridized carbons (Fsp3) is 0.391. The van der Waals surface area contributed by atoms with Crippen LogP contribution in [0.25, 0.3) is 0 Å². The number of amides is 2. The fourth-order valence-electron chi connectivity index (χ4n) is 3.32. The minimum Gasteiger partial charge on any atom is -0.354 e. The lowest BCUT2D eigenvalue weighted by molar-refractivity contribution is -0.140. The van der Waals surface area contributed by atoms with Gasteiger partial charge in [-0.1, -0.05) is 67.4 Å². The van der Waals surface area contributed by atoms with Crippen molar-refractivity contribution in [1.82, 2.24) is 10.2 Å². The highest BCUT2D eigenvalue weighted by Crippen LogP contribution is 2.28. The first-order valence-corrected chi connectivity index (χ1v) is 13.2. The SMILES string of the molecule is CCCNC(=O)[C@@H](CC)N(Cc1ccccc1)C(=O)CN(c1ccc(Cl)c(Cl)c1)S(C)(=O)=O. The molecular formula is C23H29Cl2N3O4S. The summed E-state index contributed by atoms with van der Waals surface area (Å²) in [6, 6.07) is 12.8. The highest BCUT2D eigenvalue weighted by Gasteiger charge is 2.31. The normalized spacial score (nSPS) is 12.2. The molecule has 0 aliphatic heterocycles. The first-order chi connectivity index (χ1) is 15.6. The van der Waals surface area contributed by atoms with Gasteiger partial charge in [0.15, 0.2) is 0 Å². The maximum atomic E-state index is 13.5. The molecule has 2 aromatic rings. The Labute approximate surface area is 205 Å². The molecule has 0 unspecified atom stereocenters. The third-order valence-corrected chi connectivity index (χ3v) is 6.88. The quantitative estimate of drug-likeness (QED) is 0.490. The van der Waals surface area contributed by atoms with Crippen LogP contribution in [0.3, 0.4) is 0 Å². The van der Waals surface area contributed by atoms with Crippen molar-refractivity contribution in [1.29, 1.82) is 0 Å². The van der Waals surface area contributed by atoms with Crippen molar-refractivity contribution in [2.75, 3.05) is 23.7 Å². The van der Waals surface area contributed by atoms with Gasteiger partial charge in [0.1, 0.15) is 12.6 Å². The van der Waals surface area contributed by atoms with Gasteiger partial charge in [-0.05, 0) is 36.6 Å². The lowest BCUT2D eigenvalue weighted by atomic mass is 10.1. The van der Waals surface area contributed by atoms with Crippen molar-refractivity contribution >= 4 is 50.7 Å². The van der Waals surface area contributed by atoms with Crippen molar-refractivity contribution < 1.29 is 18.0 Å². The average Bonchev–Trinajstić information content (AvgIpc) is 2.77. The van der Waals surface area contributed by atoms with Crippen molar-refractivity contribution in [3.63, 3.8) is 0 Å². The molecule has 2 aromatic carbocycles. The number of carbonyl (C=O) groups excluding carboxylic acids is 2. The van der Waals surface area contributed by atoms with Crippen LogP contribution in [-0.2, 0) is 26.2 Å². The van der Waals surface area contributed by atoms with Crippen LogP contribution in [0.1, 0.15) is 32.3 Å². The Balaban J connectivity index is 2.41. The summed E-state index contributed by atoms with van der Waals surface area (Å²) in [6.07, 6.45) is 2.14. The molecule has 180 valence electrons. The summed E-state index contributed by atoms with van der Waals surface area (Å²) < 4.78 is 26.1. The molecule has 1 N–H and O–H groups in total. The van der Waals surface area contributed by atoms with Gasteiger partial charge in [-0.3, -0.25) is 13.9 Å². The molecule has 0 saturated carbocycles. The second-order valence-electron chi connectivity index (χ2n) is 7.59. The Morgan fingerprint density at radius 3 is 2.24 bits per heavy atom. The number of hydrogen-bond acceptors (Lipinski definition) is 4. The molecule has 2 rings (SSSR count). The standard InChI is InChI=1S/C23H29Cl2N3O4S/c1-4-13-26-23(30)21(5-2)27(15-17-9-7-6-8-10-17)22(29)16-28(33(3,31)32)18-11-12-19(24)20(25)14-18/h6-12,14,21H,4-5,13,15-16H2,1-3H3,(H,26,30)/t21-/m1/s1. The van der Waals surface area contributed by atoms with Gasteiger partial charge in [-0.25, -0.2) is 8.42 Å². The maximum Gasteiger partial charge on any atom is 0.244 e. The monoisotopic (exact) mass is 513 g/mol. The second kappa shape index (κ2) is 12.3. The summed E-state index contributed by atoms with van der Waals surface area (Å²) in [4.78, 5) is 27.8. The maximum absolute atomic E-state index is 13.5. The molecule has 0 saturated heterocycles. The molecule has 0 aliphatic rings. The van der Waals surface area contributed by atoms with E-state index >= 15 is 0 Å². The Morgan fingerprint density at radius 1 is 1.03 bits per heavy atom. The topological polar surface area (TPSA) is 86.8 Å². The van der Waals surface area contributed by atoms with Gasteiger partial charge in [0.2, 0.25) is 21.8 Å². The van der Waals surface area contributed by atoms with E-state index in [0.29, 0.717) is 13.0 Å². The molecular weight excluding hydrogens is 485 g/mol. The number of hydrogen-bond donors (Lipinski definition) is 1. The van der Waals surface area contributed by atoms with E-state index in [4.69, 9.17) is 23.2 Å². The largest absolute Gasteiger partial charge is 0.354 e. The van der Waals surface area contributed by atoms with Gasteiger partial charge in [0.05, 0.1) is 22.0 Å². The van der Waals surface area contributed by atoms with Crippen LogP contribution >= 0.6 is 23.2 Å². The van der Waals surface area contributed by atoms with E-state index in [0.717, 1.165) is 22.5 Å². The summed E-state index contributed by atoms with van der Waals surface area (Å²) in [6.45, 7) is 3.92. The second-order valence-corrected chi connectivity index (χ2v) is 10.3. The van der Waals surface area contributed by atoms with E-state index in [1.54, 1.807) is 0 Å². The number of anilines is 1. The molecule has 10 heteroatoms. The zero-order chi connectivity index (χ0) is 24.6. The molecule has 7 nitrogen and oxygen atoms in total. The predicted molar refractivity (Wildman–Crippen MR) is 133 cm³/mol. The molecule has 33 heavy (non-hydrogen) atoms. The highest BCUT2D eigenvalue weighted by molar-refractivity contribution is 7.92. The smallest absolute Gasteiger partial charge is 0.244 e. The van der Waals surface area contributed by atoms with Gasteiger partial charge in [0.25, 0.3) is 0 Å². The highest BCUT2D eigenvalue weighted by atomic mass is 35.5. The summed E-state index contributed by atoms with van der Waals surface area (Å²) in [5.74, 6) is -0.780. The number of nitrogens with zero attached hydrogens (tertiary/aromatic N) is 2. The molecule has 0 aliphatic carbocycles. The summed E-state index contributed by atoms with van der Waals surface area (Å²) in [5.41, 5.74) is 1.04. The fourth-order valence-corrected chi connectivity index (χ4v) is 4.45. The van der Waals surface area contributed by atoms with E-state index in [2.05, 4.69) is 5.32 Å². The third kappa shape index (κ3) is 7.62. The van der Waals surface area contributed by atoms with Crippen molar-refractivity contribution in [3.8, 4) is 0 Å². The zero-order valence-corrected chi connectivity index (χ0v) is 21.3. The first kappa shape index (κ1) is 27.0. The predicted octanol–water partition coefficient (Wildman–Crippen LogP) is 4.09. The summed E-state index contributed by atoms with van der Waals surface area (Å²) in [7, 11) is -3.83. The number of rotatable bonds is 11. The van der Waals surface area contributed by atoms with Gasteiger partial charge < -0.3 is 10.2 Å². The van der Waals surface area contributed by atoms with Crippen LogP contribution < -0.4 is 9.62 Å². The number of benzene rings is 2. The van der Waals surface area contributed by atoms with Crippen molar-refractivity contribution in [2.24, 2.45) is 0 Å². The lowest BCUT2D eigenvalue weighted by Crippen LogP contribution is -2.52. The van der Waals surface area contributed by atoms with Crippen LogP contribution in [0, 0.1) is 0 Å². The Bertz CT molecular complexity index is 1060. The summed E-state index contributed by atoms with van der Waals surface area (Å²) >= 11 is 12.0. The van der Waals surface area contributed by atoms with E-state index in [-0.39, 0.29) is 28.2 Å². The zero-order valence-electron chi connectivity index (χ0n) is 18.9. The van der Waals surface area contributed by atoms with Gasteiger partial charge in [-0.15, -0.1) is 0 Å². The van der Waals surface area contributed by atoms with E-state index in [9.17, 15) is 18.0 Å². The molecule has 0 heterocycles. The minimum absolute atomic E-state index is 0.163. The lowest BCUT2D eigenvalue weighted by Gasteiger charge is -2.33. The molecule has 0 radical (unpaired) electrons. The van der Waals surface area contributed by atoms with Crippen LogP contribution in [0.4, 0.5) is 5.69 Å². The summed E-state index contributed by atoms with van der Waals surface area (Å²) in [5, 5.41) is 3.27. The number of halogens is 2. The van der Waals surface area contributed by atoms with Crippen LogP contribution in [0.2, 0.25) is 10.0 Å². The van der Waals surface area contributed by atoms with Gasteiger partial charge >= 0.3 is 0 Å². The number of nitrogens with one attached hydrogen (secondary N) is 1. The molecule has 1 atom stereocenters. The van der Waals surface area contributed by atoms with Crippen LogP contribution in [0.15, 0.2) is 48.5 Å².